The van der Waals surface area contributed by atoms with E-state index in [1.165, 1.54) is 16.7 Å². The van der Waals surface area contributed by atoms with E-state index in [9.17, 15) is 0 Å². The largest absolute Gasteiger partial charge is 0.351 e. The zero-order chi connectivity index (χ0) is 28.0. The fraction of sp³-hybridized carbons (Fsp3) is 0.0968. The second kappa shape index (κ2) is 14.0. The van der Waals surface area contributed by atoms with Gasteiger partial charge in [-0.1, -0.05) is 72.8 Å². The van der Waals surface area contributed by atoms with E-state index in [1.807, 2.05) is 60.9 Å². The molecular weight excluding hydrogens is 950 g/mol. The highest BCUT2D eigenvalue weighted by Crippen LogP contribution is 2.46. The Morgan fingerprint density at radius 3 is 2.33 bits per heavy atom. The summed E-state index contributed by atoms with van der Waals surface area (Å²) in [6, 6.07) is 29.1. The van der Waals surface area contributed by atoms with Crippen LogP contribution in [0.2, 0.25) is 0 Å². The van der Waals surface area contributed by atoms with E-state index < -0.39 is 0 Å². The molecule has 200 valence electrons. The molecule has 0 fully saturated rings. The molecular formula is C31H23I4N5. The van der Waals surface area contributed by atoms with Gasteiger partial charge in [-0.2, -0.15) is 0 Å². The molecule has 40 heavy (non-hydrogen) atoms. The summed E-state index contributed by atoms with van der Waals surface area (Å²) in [4.78, 5) is 18.7. The van der Waals surface area contributed by atoms with Crippen molar-refractivity contribution in [1.29, 1.82) is 0 Å². The average Bonchev–Trinajstić information content (AvgIpc) is 2.97. The number of hydrogen-bond acceptors (Lipinski definition) is 5. The molecule has 5 rings (SSSR count). The second-order valence-electron chi connectivity index (χ2n) is 8.91. The number of aromatic nitrogens is 4. The Labute approximate surface area is 288 Å². The first-order valence-electron chi connectivity index (χ1n) is 12.4. The summed E-state index contributed by atoms with van der Waals surface area (Å²) < 4.78 is 1.00. The molecule has 1 N–H and O–H groups in total. The number of rotatable bonds is 9. The maximum atomic E-state index is 4.85. The van der Waals surface area contributed by atoms with Crippen LogP contribution in [0.3, 0.4) is 0 Å². The van der Waals surface area contributed by atoms with E-state index >= 15 is 0 Å². The number of nitrogens with one attached hydrogen (secondary N) is 1. The minimum atomic E-state index is 0.0549. The van der Waals surface area contributed by atoms with Crippen LogP contribution >= 0.6 is 90.4 Å². The van der Waals surface area contributed by atoms with Gasteiger partial charge in [0.2, 0.25) is 5.95 Å². The molecule has 0 spiro atoms. The lowest BCUT2D eigenvalue weighted by Crippen LogP contribution is -2.05. The first-order valence-corrected chi connectivity index (χ1v) is 16.7. The van der Waals surface area contributed by atoms with E-state index in [0.29, 0.717) is 12.5 Å². The predicted molar refractivity (Wildman–Crippen MR) is 198 cm³/mol. The molecule has 0 radical (unpaired) electrons. The molecule has 9 heteroatoms. The first kappa shape index (κ1) is 29.8. The summed E-state index contributed by atoms with van der Waals surface area (Å²) in [6.07, 6.45) is 8.67. The zero-order valence-electron chi connectivity index (χ0n) is 21.1. The Balaban J connectivity index is 1.20. The number of halogens is 4. The molecule has 3 aromatic heterocycles. The summed E-state index contributed by atoms with van der Waals surface area (Å²) in [5.74, 6) is 0.561. The Morgan fingerprint density at radius 2 is 1.55 bits per heavy atom. The summed E-state index contributed by atoms with van der Waals surface area (Å²) in [7, 11) is 0. The molecule has 0 aliphatic heterocycles. The second-order valence-corrected chi connectivity index (χ2v) is 21.1. The molecule has 0 saturated heterocycles. The number of hydrogen-bond donors (Lipinski definition) is 1. The zero-order valence-corrected chi connectivity index (χ0v) is 29.7. The van der Waals surface area contributed by atoms with Crippen molar-refractivity contribution in [2.75, 3.05) is 11.9 Å². The van der Waals surface area contributed by atoms with Crippen molar-refractivity contribution in [3.05, 3.63) is 129 Å². The van der Waals surface area contributed by atoms with Gasteiger partial charge in [-0.15, -0.1) is 0 Å². The van der Waals surface area contributed by atoms with Gasteiger partial charge in [0.05, 0.1) is 20.7 Å². The van der Waals surface area contributed by atoms with Crippen LogP contribution in [0.1, 0.15) is 22.4 Å². The van der Waals surface area contributed by atoms with Crippen molar-refractivity contribution in [3.8, 4) is 22.6 Å². The highest BCUT2D eigenvalue weighted by molar-refractivity contribution is 14.3. The number of nitrogens with zero attached hydrogens (tertiary/aromatic N) is 4. The van der Waals surface area contributed by atoms with E-state index in [0.717, 1.165) is 38.3 Å². The van der Waals surface area contributed by atoms with Gasteiger partial charge in [0.25, 0.3) is 0 Å². The Bertz CT molecular complexity index is 1620. The van der Waals surface area contributed by atoms with Gasteiger partial charge >= 0.3 is 0 Å². The van der Waals surface area contributed by atoms with E-state index in [4.69, 9.17) is 9.97 Å². The molecule has 5 nitrogen and oxygen atoms in total. The van der Waals surface area contributed by atoms with Crippen LogP contribution in [-0.2, 0) is 5.86 Å². The van der Waals surface area contributed by atoms with Crippen molar-refractivity contribution in [1.82, 2.24) is 19.9 Å². The molecule has 0 atom stereocenters. The Hall–Kier alpha value is -1.72. The minimum Gasteiger partial charge on any atom is -0.351 e. The van der Waals surface area contributed by atoms with Crippen LogP contribution in [0.15, 0.2) is 103 Å². The third-order valence-corrected chi connectivity index (χ3v) is 8.64. The van der Waals surface area contributed by atoms with Gasteiger partial charge in [-0.05, 0) is 138 Å². The lowest BCUT2D eigenvalue weighted by molar-refractivity contribution is 1.10. The average molecular weight is 973 g/mol. The normalized spacial score (nSPS) is 11.6. The summed E-state index contributed by atoms with van der Waals surface area (Å²) >= 11 is 9.64. The van der Waals surface area contributed by atoms with Gasteiger partial charge in [0.15, 0.2) is 0 Å². The highest BCUT2D eigenvalue weighted by Gasteiger charge is 2.20. The topological polar surface area (TPSA) is 63.6 Å². The highest BCUT2D eigenvalue weighted by atomic mass is 127. The van der Waals surface area contributed by atoms with Gasteiger partial charge in [0.1, 0.15) is 5.13 Å². The lowest BCUT2D eigenvalue weighted by atomic mass is 10.0. The molecule has 5 aromatic rings. The van der Waals surface area contributed by atoms with Gasteiger partial charge in [-0.3, -0.25) is 4.98 Å². The SMILES string of the molecule is Ic1cnc(NC/C=C/c2ccc(Cc3cccc(C(I)(I)I)c3)cn2)nc1-c1cccc(-c2ccccc2)n1. The van der Waals surface area contributed by atoms with Crippen molar-refractivity contribution >= 4 is 102 Å². The van der Waals surface area contributed by atoms with Gasteiger partial charge < -0.3 is 5.32 Å². The van der Waals surface area contributed by atoms with Crippen molar-refractivity contribution in [2.24, 2.45) is 0 Å². The standard InChI is InChI=1S/C31H23I4N5/c32-26-20-38-30(40-29(26)28-13-5-12-27(39-28)23-8-2-1-3-9-23)36-16-6-11-25-15-14-22(19-37-25)17-21-7-4-10-24(18-21)31(33,34)35/h1-15,18-20H,16-17H2,(H,36,38,40)/b11-6+. The van der Waals surface area contributed by atoms with Crippen LogP contribution in [0.25, 0.3) is 28.7 Å². The summed E-state index contributed by atoms with van der Waals surface area (Å²) in [5.41, 5.74) is 8.33. The van der Waals surface area contributed by atoms with Crippen LogP contribution in [0.5, 0.6) is 0 Å². The van der Waals surface area contributed by atoms with Gasteiger partial charge in [0, 0.05) is 24.5 Å². The van der Waals surface area contributed by atoms with Gasteiger partial charge in [-0.25, -0.2) is 15.0 Å². The van der Waals surface area contributed by atoms with Crippen LogP contribution in [0, 0.1) is 3.57 Å². The van der Waals surface area contributed by atoms with Crippen LogP contribution in [-0.4, -0.2) is 26.5 Å². The minimum absolute atomic E-state index is 0.0549. The fourth-order valence-electron chi connectivity index (χ4n) is 4.03. The maximum absolute atomic E-state index is 4.85. The van der Waals surface area contributed by atoms with Crippen molar-refractivity contribution < 1.29 is 0 Å². The van der Waals surface area contributed by atoms with Crippen LogP contribution in [0.4, 0.5) is 5.95 Å². The third kappa shape index (κ3) is 8.18. The molecule has 0 bridgehead atoms. The summed E-state index contributed by atoms with van der Waals surface area (Å²) in [5, 5.41) is 3.29. The number of pyridine rings is 2. The lowest BCUT2D eigenvalue weighted by Gasteiger charge is -2.14. The quantitative estimate of drug-likeness (QED) is 0.118. The fourth-order valence-corrected chi connectivity index (χ4v) is 5.57. The summed E-state index contributed by atoms with van der Waals surface area (Å²) in [6.45, 7) is 0.582. The monoisotopic (exact) mass is 973 g/mol. The van der Waals surface area contributed by atoms with E-state index in [1.54, 1.807) is 0 Å². The molecule has 0 aliphatic carbocycles. The molecule has 0 unspecified atom stereocenters. The molecule has 0 aliphatic rings. The smallest absolute Gasteiger partial charge is 0.223 e. The predicted octanol–water partition coefficient (Wildman–Crippen LogP) is 9.34. The van der Waals surface area contributed by atoms with Crippen LogP contribution < -0.4 is 5.32 Å². The van der Waals surface area contributed by atoms with Crippen molar-refractivity contribution in [2.45, 2.75) is 5.86 Å². The first-order chi connectivity index (χ1) is 19.3. The number of benzene rings is 2. The van der Waals surface area contributed by atoms with E-state index in [2.05, 4.69) is 154 Å². The number of alkyl halides is 3. The third-order valence-electron chi connectivity index (χ3n) is 5.98. The van der Waals surface area contributed by atoms with E-state index in [-0.39, 0.29) is -0.565 Å². The molecule has 3 heterocycles. The molecule has 0 amide bonds. The molecule has 2 aromatic carbocycles. The number of anilines is 1. The maximum Gasteiger partial charge on any atom is 0.223 e. The Kier molecular flexibility index (Phi) is 10.4. The Morgan fingerprint density at radius 1 is 0.750 bits per heavy atom. The molecule has 0 saturated carbocycles. The van der Waals surface area contributed by atoms with Crippen molar-refractivity contribution in [3.63, 3.8) is 0 Å².